The molecule has 1 N–H and O–H groups in total. The first-order valence-electron chi connectivity index (χ1n) is 4.74. The van der Waals surface area contributed by atoms with Crippen LogP contribution < -0.4 is 5.32 Å². The van der Waals surface area contributed by atoms with Crippen molar-refractivity contribution in [2.45, 2.75) is 26.3 Å². The molecule has 1 atom stereocenters. The molecule has 0 aliphatic carbocycles. The summed E-state index contributed by atoms with van der Waals surface area (Å²) in [5, 5.41) is 2.65. The molecule has 0 aromatic rings. The van der Waals surface area contributed by atoms with Crippen molar-refractivity contribution >= 4 is 23.5 Å². The Balaban J connectivity index is 2.59. The number of alkyl halides is 1. The molecule has 1 aliphatic rings. The van der Waals surface area contributed by atoms with Gasteiger partial charge in [-0.05, 0) is 12.3 Å². The van der Waals surface area contributed by atoms with Crippen LogP contribution in [-0.4, -0.2) is 35.3 Å². The first kappa shape index (κ1) is 11.3. The average Bonchev–Trinajstić information content (AvgIpc) is 2.32. The first-order chi connectivity index (χ1) is 6.56. The van der Waals surface area contributed by atoms with Gasteiger partial charge in [-0.2, -0.15) is 0 Å². The third kappa shape index (κ3) is 2.38. The predicted octanol–water partition coefficient (Wildman–Crippen LogP) is 1.19. The van der Waals surface area contributed by atoms with E-state index in [-0.39, 0.29) is 23.9 Å². The Morgan fingerprint density at radius 2 is 2.14 bits per heavy atom. The Hall–Kier alpha value is -0.770. The normalized spacial score (nSPS) is 22.0. The number of urea groups is 1. The number of nitrogens with one attached hydrogen (secondary N) is 1. The van der Waals surface area contributed by atoms with Crippen LogP contribution in [0.3, 0.4) is 0 Å². The van der Waals surface area contributed by atoms with Gasteiger partial charge in [0, 0.05) is 12.4 Å². The van der Waals surface area contributed by atoms with Crippen LogP contribution >= 0.6 is 11.6 Å². The molecule has 0 spiro atoms. The van der Waals surface area contributed by atoms with Gasteiger partial charge in [0.2, 0.25) is 0 Å². The van der Waals surface area contributed by atoms with Gasteiger partial charge in [0.15, 0.2) is 0 Å². The number of nitrogens with zero attached hydrogens (tertiary/aromatic N) is 1. The van der Waals surface area contributed by atoms with Crippen LogP contribution in [0.2, 0.25) is 0 Å². The Kier molecular flexibility index (Phi) is 3.75. The van der Waals surface area contributed by atoms with Crippen LogP contribution in [-0.2, 0) is 4.79 Å². The number of halogens is 1. The van der Waals surface area contributed by atoms with Crippen LogP contribution in [0.5, 0.6) is 0 Å². The molecule has 4 nitrogen and oxygen atoms in total. The predicted molar refractivity (Wildman–Crippen MR) is 54.2 cm³/mol. The molecule has 0 bridgehead atoms. The summed E-state index contributed by atoms with van der Waals surface area (Å²) in [6, 6.07) is -0.674. The zero-order valence-electron chi connectivity index (χ0n) is 8.42. The highest BCUT2D eigenvalue weighted by atomic mass is 35.5. The van der Waals surface area contributed by atoms with Crippen molar-refractivity contribution in [1.29, 1.82) is 0 Å². The number of imide groups is 1. The first-order valence-corrected chi connectivity index (χ1v) is 5.27. The lowest BCUT2D eigenvalue weighted by Crippen LogP contribution is -2.33. The van der Waals surface area contributed by atoms with Crippen molar-refractivity contribution in [3.8, 4) is 0 Å². The highest BCUT2D eigenvalue weighted by molar-refractivity contribution is 6.18. The molecule has 80 valence electrons. The summed E-state index contributed by atoms with van der Waals surface area (Å²) in [4.78, 5) is 24.1. The van der Waals surface area contributed by atoms with E-state index in [1.54, 1.807) is 0 Å². The smallest absolute Gasteiger partial charge is 0.324 e. The molecule has 1 fully saturated rings. The third-order valence-electron chi connectivity index (χ3n) is 2.12. The summed E-state index contributed by atoms with van der Waals surface area (Å²) < 4.78 is 0. The lowest BCUT2D eigenvalue weighted by molar-refractivity contribution is -0.127. The van der Waals surface area contributed by atoms with Crippen molar-refractivity contribution in [2.24, 2.45) is 5.92 Å². The van der Waals surface area contributed by atoms with E-state index in [9.17, 15) is 9.59 Å². The Morgan fingerprint density at radius 1 is 1.50 bits per heavy atom. The van der Waals surface area contributed by atoms with Gasteiger partial charge in [0.1, 0.15) is 6.04 Å². The zero-order valence-corrected chi connectivity index (χ0v) is 9.17. The highest BCUT2D eigenvalue weighted by Gasteiger charge is 2.37. The van der Waals surface area contributed by atoms with Gasteiger partial charge < -0.3 is 5.32 Å². The van der Waals surface area contributed by atoms with E-state index in [0.717, 1.165) is 0 Å². The summed E-state index contributed by atoms with van der Waals surface area (Å²) in [6.07, 6.45) is 0.684. The summed E-state index contributed by atoms with van der Waals surface area (Å²) in [5.74, 6) is 0.526. The minimum Gasteiger partial charge on any atom is -0.326 e. The van der Waals surface area contributed by atoms with Crippen LogP contribution in [0.15, 0.2) is 0 Å². The summed E-state index contributed by atoms with van der Waals surface area (Å²) in [7, 11) is 0. The quantitative estimate of drug-likeness (QED) is 0.569. The van der Waals surface area contributed by atoms with Gasteiger partial charge in [-0.15, -0.1) is 11.6 Å². The SMILES string of the molecule is CC(C)CC1NC(=O)N(CCCl)C1=O. The molecule has 1 rings (SSSR count). The van der Waals surface area contributed by atoms with Gasteiger partial charge in [0.05, 0.1) is 0 Å². The van der Waals surface area contributed by atoms with E-state index in [0.29, 0.717) is 18.9 Å². The molecule has 0 saturated carbocycles. The molecular weight excluding hydrogens is 204 g/mol. The molecule has 0 radical (unpaired) electrons. The molecule has 1 unspecified atom stereocenters. The lowest BCUT2D eigenvalue weighted by atomic mass is 10.0. The average molecular weight is 219 g/mol. The molecule has 1 heterocycles. The van der Waals surface area contributed by atoms with Gasteiger partial charge in [0.25, 0.3) is 5.91 Å². The number of hydrogen-bond donors (Lipinski definition) is 1. The second-order valence-corrected chi connectivity index (χ2v) is 4.19. The number of hydrogen-bond acceptors (Lipinski definition) is 2. The summed E-state index contributed by atoms with van der Waals surface area (Å²) in [6.45, 7) is 4.33. The largest absolute Gasteiger partial charge is 0.326 e. The minimum atomic E-state index is -0.356. The van der Waals surface area contributed by atoms with Crippen molar-refractivity contribution < 1.29 is 9.59 Å². The Labute approximate surface area is 88.6 Å². The van der Waals surface area contributed by atoms with E-state index in [2.05, 4.69) is 5.32 Å². The van der Waals surface area contributed by atoms with Gasteiger partial charge in [-0.3, -0.25) is 9.69 Å². The summed E-state index contributed by atoms with van der Waals surface area (Å²) in [5.41, 5.74) is 0. The van der Waals surface area contributed by atoms with Crippen LogP contribution in [0.25, 0.3) is 0 Å². The number of carbonyl (C=O) groups is 2. The fraction of sp³-hybridized carbons (Fsp3) is 0.778. The number of carbonyl (C=O) groups excluding carboxylic acids is 2. The van der Waals surface area contributed by atoms with Crippen molar-refractivity contribution in [1.82, 2.24) is 10.2 Å². The second-order valence-electron chi connectivity index (χ2n) is 3.81. The molecule has 5 heteroatoms. The minimum absolute atomic E-state index is 0.149. The standard InChI is InChI=1S/C9H15ClN2O2/c1-6(2)5-7-8(13)12(4-3-10)9(14)11-7/h6-7H,3-5H2,1-2H3,(H,11,14). The van der Waals surface area contributed by atoms with Gasteiger partial charge in [-0.25, -0.2) is 4.79 Å². The highest BCUT2D eigenvalue weighted by Crippen LogP contribution is 2.13. The molecule has 0 aromatic carbocycles. The number of amides is 3. The second kappa shape index (κ2) is 4.64. The van der Waals surface area contributed by atoms with Crippen molar-refractivity contribution in [3.63, 3.8) is 0 Å². The van der Waals surface area contributed by atoms with E-state index < -0.39 is 0 Å². The van der Waals surface area contributed by atoms with Crippen molar-refractivity contribution in [2.75, 3.05) is 12.4 Å². The molecule has 1 aliphatic heterocycles. The maximum absolute atomic E-state index is 11.6. The zero-order chi connectivity index (χ0) is 10.7. The maximum atomic E-state index is 11.6. The van der Waals surface area contributed by atoms with Gasteiger partial charge >= 0.3 is 6.03 Å². The molecule has 1 saturated heterocycles. The van der Waals surface area contributed by atoms with Crippen molar-refractivity contribution in [3.05, 3.63) is 0 Å². The maximum Gasteiger partial charge on any atom is 0.324 e. The van der Waals surface area contributed by atoms with E-state index in [4.69, 9.17) is 11.6 Å². The van der Waals surface area contributed by atoms with E-state index in [1.165, 1.54) is 4.90 Å². The molecule has 0 aromatic heterocycles. The number of rotatable bonds is 4. The monoisotopic (exact) mass is 218 g/mol. The fourth-order valence-electron chi connectivity index (χ4n) is 1.50. The fourth-order valence-corrected chi connectivity index (χ4v) is 1.67. The van der Waals surface area contributed by atoms with Gasteiger partial charge in [-0.1, -0.05) is 13.8 Å². The summed E-state index contributed by atoms with van der Waals surface area (Å²) >= 11 is 5.49. The molecule has 3 amide bonds. The molecule has 14 heavy (non-hydrogen) atoms. The van der Waals surface area contributed by atoms with E-state index >= 15 is 0 Å². The lowest BCUT2D eigenvalue weighted by Gasteiger charge is -2.11. The Morgan fingerprint density at radius 3 is 2.64 bits per heavy atom. The Bertz CT molecular complexity index is 243. The van der Waals surface area contributed by atoms with Crippen LogP contribution in [0.1, 0.15) is 20.3 Å². The van der Waals surface area contributed by atoms with E-state index in [1.807, 2.05) is 13.8 Å². The molecular formula is C9H15ClN2O2. The van der Waals surface area contributed by atoms with Crippen LogP contribution in [0, 0.1) is 5.92 Å². The topological polar surface area (TPSA) is 49.4 Å². The third-order valence-corrected chi connectivity index (χ3v) is 2.29. The van der Waals surface area contributed by atoms with Crippen LogP contribution in [0.4, 0.5) is 4.79 Å².